The first-order valence-corrected chi connectivity index (χ1v) is 5.14. The summed E-state index contributed by atoms with van der Waals surface area (Å²) in [6.45, 7) is 0. The van der Waals surface area contributed by atoms with E-state index >= 15 is 0 Å². The maximum absolute atomic E-state index is 13.5. The lowest BCUT2D eigenvalue weighted by molar-refractivity contribution is 0.219. The van der Waals surface area contributed by atoms with E-state index in [4.69, 9.17) is 4.74 Å². The molecule has 0 saturated heterocycles. The summed E-state index contributed by atoms with van der Waals surface area (Å²) in [6, 6.07) is 7.77. The normalized spacial score (nSPS) is 12.2. The van der Waals surface area contributed by atoms with E-state index in [0.717, 1.165) is 0 Å². The van der Waals surface area contributed by atoms with Crippen LogP contribution >= 0.6 is 0 Å². The zero-order chi connectivity index (χ0) is 12.3. The second kappa shape index (κ2) is 4.93. The van der Waals surface area contributed by atoms with Gasteiger partial charge in [-0.1, -0.05) is 6.07 Å². The molecular weight excluding hydrogens is 221 g/mol. The topological polar surface area (TPSA) is 42.4 Å². The molecule has 2 aromatic rings. The van der Waals surface area contributed by atoms with Crippen molar-refractivity contribution in [2.45, 2.75) is 6.10 Å². The van der Waals surface area contributed by atoms with Gasteiger partial charge in [-0.15, -0.1) is 0 Å². The van der Waals surface area contributed by atoms with Gasteiger partial charge >= 0.3 is 0 Å². The van der Waals surface area contributed by atoms with Crippen LogP contribution < -0.4 is 4.74 Å². The molecule has 1 atom stereocenters. The number of rotatable bonds is 3. The van der Waals surface area contributed by atoms with Gasteiger partial charge < -0.3 is 9.84 Å². The highest BCUT2D eigenvalue weighted by molar-refractivity contribution is 5.34. The number of aliphatic hydroxyl groups is 1. The van der Waals surface area contributed by atoms with Crippen LogP contribution in [0.15, 0.2) is 42.7 Å². The number of ether oxygens (including phenoxy) is 1. The van der Waals surface area contributed by atoms with E-state index in [1.54, 1.807) is 30.6 Å². The highest BCUT2D eigenvalue weighted by Gasteiger charge is 2.12. The van der Waals surface area contributed by atoms with Gasteiger partial charge in [0.1, 0.15) is 6.10 Å². The number of hydrogen-bond donors (Lipinski definition) is 1. The number of aliphatic hydroxyl groups excluding tert-OH is 1. The van der Waals surface area contributed by atoms with E-state index in [2.05, 4.69) is 4.98 Å². The smallest absolute Gasteiger partial charge is 0.165 e. The van der Waals surface area contributed by atoms with Gasteiger partial charge in [0, 0.05) is 12.4 Å². The summed E-state index contributed by atoms with van der Waals surface area (Å²) in [5.41, 5.74) is 1.15. The Morgan fingerprint density at radius 2 is 1.88 bits per heavy atom. The Hall–Kier alpha value is -1.94. The predicted molar refractivity (Wildman–Crippen MR) is 61.3 cm³/mol. The minimum Gasteiger partial charge on any atom is -0.494 e. The molecule has 0 aliphatic rings. The Bertz CT molecular complexity index is 502. The minimum absolute atomic E-state index is 0.163. The standard InChI is InChI=1S/C13H12FNO2/c1-17-12-3-2-10(8-11(12)14)13(16)9-4-6-15-7-5-9/h2-8,13,16H,1H3. The summed E-state index contributed by atoms with van der Waals surface area (Å²) < 4.78 is 18.3. The molecule has 17 heavy (non-hydrogen) atoms. The number of halogens is 1. The lowest BCUT2D eigenvalue weighted by Crippen LogP contribution is -2.01. The van der Waals surface area contributed by atoms with Crippen molar-refractivity contribution in [3.63, 3.8) is 0 Å². The highest BCUT2D eigenvalue weighted by Crippen LogP contribution is 2.25. The number of pyridine rings is 1. The van der Waals surface area contributed by atoms with Crippen LogP contribution in [0.25, 0.3) is 0 Å². The average Bonchev–Trinajstić information content (AvgIpc) is 2.39. The van der Waals surface area contributed by atoms with Crippen molar-refractivity contribution >= 4 is 0 Å². The number of aromatic nitrogens is 1. The Morgan fingerprint density at radius 1 is 1.18 bits per heavy atom. The summed E-state index contributed by atoms with van der Waals surface area (Å²) in [4.78, 5) is 3.86. The van der Waals surface area contributed by atoms with Crippen molar-refractivity contribution < 1.29 is 14.2 Å². The third kappa shape index (κ3) is 2.42. The summed E-state index contributed by atoms with van der Waals surface area (Å²) in [5, 5.41) is 10.0. The van der Waals surface area contributed by atoms with E-state index in [1.165, 1.54) is 19.2 Å². The van der Waals surface area contributed by atoms with Crippen molar-refractivity contribution in [3.8, 4) is 5.75 Å². The van der Waals surface area contributed by atoms with Crippen LogP contribution in [0.1, 0.15) is 17.2 Å². The molecule has 88 valence electrons. The summed E-state index contributed by atoms with van der Waals surface area (Å²) in [7, 11) is 1.40. The van der Waals surface area contributed by atoms with Crippen LogP contribution in [0.2, 0.25) is 0 Å². The van der Waals surface area contributed by atoms with Gasteiger partial charge in [-0.2, -0.15) is 0 Å². The quantitative estimate of drug-likeness (QED) is 0.884. The number of methoxy groups -OCH3 is 1. The molecule has 0 amide bonds. The molecule has 1 heterocycles. The Kier molecular flexibility index (Phi) is 3.35. The Balaban J connectivity index is 2.32. The zero-order valence-electron chi connectivity index (χ0n) is 9.30. The van der Waals surface area contributed by atoms with Gasteiger partial charge in [-0.3, -0.25) is 4.98 Å². The van der Waals surface area contributed by atoms with Crippen LogP contribution in [0.3, 0.4) is 0 Å². The summed E-state index contributed by atoms with van der Waals surface area (Å²) >= 11 is 0. The zero-order valence-corrected chi connectivity index (χ0v) is 9.30. The van der Waals surface area contributed by atoms with Crippen molar-refractivity contribution in [1.82, 2.24) is 4.98 Å². The van der Waals surface area contributed by atoms with E-state index in [0.29, 0.717) is 11.1 Å². The van der Waals surface area contributed by atoms with Gasteiger partial charge in [0.15, 0.2) is 11.6 Å². The van der Waals surface area contributed by atoms with Crippen molar-refractivity contribution in [1.29, 1.82) is 0 Å². The summed E-state index contributed by atoms with van der Waals surface area (Å²) in [6.07, 6.45) is 2.30. The molecule has 3 nitrogen and oxygen atoms in total. The Labute approximate surface area is 98.5 Å². The maximum atomic E-state index is 13.5. The lowest BCUT2D eigenvalue weighted by atomic mass is 10.0. The average molecular weight is 233 g/mol. The first-order valence-electron chi connectivity index (χ1n) is 5.14. The highest BCUT2D eigenvalue weighted by atomic mass is 19.1. The fraction of sp³-hybridized carbons (Fsp3) is 0.154. The molecule has 1 aromatic carbocycles. The van der Waals surface area contributed by atoms with Crippen LogP contribution in [0, 0.1) is 5.82 Å². The fourth-order valence-corrected chi connectivity index (χ4v) is 1.59. The second-order valence-corrected chi connectivity index (χ2v) is 3.58. The molecule has 0 saturated carbocycles. The molecule has 0 fully saturated rings. The largest absolute Gasteiger partial charge is 0.494 e. The molecule has 0 aliphatic heterocycles. The number of nitrogens with zero attached hydrogens (tertiary/aromatic N) is 1. The molecule has 1 N–H and O–H groups in total. The van der Waals surface area contributed by atoms with Crippen LogP contribution in [-0.4, -0.2) is 17.2 Å². The first kappa shape index (κ1) is 11.5. The fourth-order valence-electron chi connectivity index (χ4n) is 1.59. The van der Waals surface area contributed by atoms with Gasteiger partial charge in [0.05, 0.1) is 7.11 Å². The van der Waals surface area contributed by atoms with Crippen LogP contribution in [-0.2, 0) is 0 Å². The van der Waals surface area contributed by atoms with Crippen LogP contribution in [0.5, 0.6) is 5.75 Å². The third-order valence-electron chi connectivity index (χ3n) is 2.51. The lowest BCUT2D eigenvalue weighted by Gasteiger charge is -2.12. The SMILES string of the molecule is COc1ccc(C(O)c2ccncc2)cc1F. The van der Waals surface area contributed by atoms with Crippen LogP contribution in [0.4, 0.5) is 4.39 Å². The van der Waals surface area contributed by atoms with Crippen molar-refractivity contribution in [2.75, 3.05) is 7.11 Å². The molecule has 0 aliphatic carbocycles. The second-order valence-electron chi connectivity index (χ2n) is 3.58. The third-order valence-corrected chi connectivity index (χ3v) is 2.51. The molecule has 2 rings (SSSR count). The van der Waals surface area contributed by atoms with E-state index in [-0.39, 0.29) is 5.75 Å². The van der Waals surface area contributed by atoms with Gasteiger partial charge in [0.2, 0.25) is 0 Å². The molecule has 0 radical (unpaired) electrons. The molecule has 1 unspecified atom stereocenters. The molecule has 0 spiro atoms. The maximum Gasteiger partial charge on any atom is 0.165 e. The van der Waals surface area contributed by atoms with Crippen molar-refractivity contribution in [3.05, 3.63) is 59.7 Å². The number of hydrogen-bond acceptors (Lipinski definition) is 3. The predicted octanol–water partition coefficient (Wildman–Crippen LogP) is 2.31. The van der Waals surface area contributed by atoms with Gasteiger partial charge in [-0.05, 0) is 35.4 Å². The molecule has 4 heteroatoms. The van der Waals surface area contributed by atoms with E-state index < -0.39 is 11.9 Å². The Morgan fingerprint density at radius 3 is 2.47 bits per heavy atom. The minimum atomic E-state index is -0.863. The molecule has 1 aromatic heterocycles. The van der Waals surface area contributed by atoms with E-state index in [1.807, 2.05) is 0 Å². The summed E-state index contributed by atoms with van der Waals surface area (Å²) in [5.74, 6) is -0.325. The van der Waals surface area contributed by atoms with E-state index in [9.17, 15) is 9.50 Å². The van der Waals surface area contributed by atoms with Gasteiger partial charge in [0.25, 0.3) is 0 Å². The van der Waals surface area contributed by atoms with Crippen molar-refractivity contribution in [2.24, 2.45) is 0 Å². The molecule has 0 bridgehead atoms. The number of benzene rings is 1. The first-order chi connectivity index (χ1) is 8.22. The molecular formula is C13H12FNO2. The monoisotopic (exact) mass is 233 g/mol. The van der Waals surface area contributed by atoms with Gasteiger partial charge in [-0.25, -0.2) is 4.39 Å².